The second-order valence-corrected chi connectivity index (χ2v) is 7.25. The van der Waals surface area contributed by atoms with Gasteiger partial charge in [0.1, 0.15) is 0 Å². The molecule has 0 aliphatic carbocycles. The summed E-state index contributed by atoms with van der Waals surface area (Å²) in [5.74, 6) is 0.0335. The second-order valence-electron chi connectivity index (χ2n) is 6.84. The molecule has 1 aliphatic rings. The van der Waals surface area contributed by atoms with Gasteiger partial charge in [-0.1, -0.05) is 43.6 Å². The van der Waals surface area contributed by atoms with Crippen molar-refractivity contribution in [1.29, 1.82) is 0 Å². The molecule has 2 atom stereocenters. The summed E-state index contributed by atoms with van der Waals surface area (Å²) in [7, 11) is 0. The predicted molar refractivity (Wildman–Crippen MR) is 98.0 cm³/mol. The molecule has 1 saturated heterocycles. The first-order valence-electron chi connectivity index (χ1n) is 7.82. The van der Waals surface area contributed by atoms with Gasteiger partial charge in [0, 0.05) is 30.7 Å². The summed E-state index contributed by atoms with van der Waals surface area (Å²) in [4.78, 5) is 14.6. The van der Waals surface area contributed by atoms with Crippen molar-refractivity contribution in [2.45, 2.75) is 45.8 Å². The number of hydrogen-bond donors (Lipinski definition) is 2. The van der Waals surface area contributed by atoms with Crippen LogP contribution in [0, 0.1) is 5.41 Å². The molecule has 1 heterocycles. The molecule has 2 unspecified atom stereocenters. The maximum Gasteiger partial charge on any atom is 0.237 e. The molecule has 1 aromatic rings. The normalized spacial score (nSPS) is 22.0. The molecule has 3 N–H and O–H groups in total. The Morgan fingerprint density at radius 3 is 2.74 bits per heavy atom. The largest absolute Gasteiger partial charge is 0.351 e. The lowest BCUT2D eigenvalue weighted by Crippen LogP contribution is -2.57. The molecule has 1 amide bonds. The summed E-state index contributed by atoms with van der Waals surface area (Å²) in [5, 5.41) is 3.66. The first kappa shape index (κ1) is 20.2. The minimum atomic E-state index is -0.158. The summed E-state index contributed by atoms with van der Waals surface area (Å²) >= 11 is 6.11. The van der Waals surface area contributed by atoms with Crippen molar-refractivity contribution in [3.8, 4) is 0 Å². The Morgan fingerprint density at radius 1 is 1.48 bits per heavy atom. The Kier molecular flexibility index (Phi) is 7.33. The molecule has 4 nitrogen and oxygen atoms in total. The molecule has 0 bridgehead atoms. The maximum absolute atomic E-state index is 12.4. The van der Waals surface area contributed by atoms with Gasteiger partial charge in [-0.2, -0.15) is 0 Å². The number of piperidine rings is 1. The highest BCUT2D eigenvalue weighted by atomic mass is 35.5. The van der Waals surface area contributed by atoms with Crippen LogP contribution in [0.4, 0.5) is 0 Å². The van der Waals surface area contributed by atoms with Crippen molar-refractivity contribution in [2.24, 2.45) is 11.1 Å². The second kappa shape index (κ2) is 8.34. The van der Waals surface area contributed by atoms with Crippen molar-refractivity contribution in [3.05, 3.63) is 34.9 Å². The van der Waals surface area contributed by atoms with E-state index >= 15 is 0 Å². The quantitative estimate of drug-likeness (QED) is 0.868. The molecular weight excluding hydrogens is 333 g/mol. The van der Waals surface area contributed by atoms with Crippen molar-refractivity contribution in [1.82, 2.24) is 10.2 Å². The number of nitrogens with zero attached hydrogens (tertiary/aromatic N) is 1. The van der Waals surface area contributed by atoms with E-state index < -0.39 is 0 Å². The molecule has 1 fully saturated rings. The van der Waals surface area contributed by atoms with Crippen LogP contribution >= 0.6 is 24.0 Å². The zero-order valence-electron chi connectivity index (χ0n) is 14.0. The fourth-order valence-electron chi connectivity index (χ4n) is 2.88. The Labute approximate surface area is 150 Å². The molecule has 23 heavy (non-hydrogen) atoms. The van der Waals surface area contributed by atoms with Crippen molar-refractivity contribution in [2.75, 3.05) is 13.1 Å². The Balaban J connectivity index is 0.00000264. The monoisotopic (exact) mass is 359 g/mol. The van der Waals surface area contributed by atoms with Crippen LogP contribution in [0.5, 0.6) is 0 Å². The number of nitrogens with one attached hydrogen (secondary N) is 1. The highest BCUT2D eigenvalue weighted by Crippen LogP contribution is 2.28. The Hall–Kier alpha value is -0.810. The molecule has 0 aromatic heterocycles. The number of rotatable bonds is 4. The van der Waals surface area contributed by atoms with Gasteiger partial charge in [-0.25, -0.2) is 0 Å². The number of hydrogen-bond acceptors (Lipinski definition) is 3. The molecule has 6 heteroatoms. The van der Waals surface area contributed by atoms with Crippen LogP contribution in [0.3, 0.4) is 0 Å². The first-order chi connectivity index (χ1) is 10.3. The fourth-order valence-corrected chi connectivity index (χ4v) is 3.09. The van der Waals surface area contributed by atoms with Crippen LogP contribution in [0.1, 0.15) is 32.8 Å². The molecule has 2 rings (SSSR count). The lowest BCUT2D eigenvalue weighted by atomic mass is 9.79. The van der Waals surface area contributed by atoms with Gasteiger partial charge in [0.15, 0.2) is 0 Å². The number of carbonyl (C=O) groups is 1. The van der Waals surface area contributed by atoms with Gasteiger partial charge in [0.2, 0.25) is 5.91 Å². The maximum atomic E-state index is 12.4. The number of benzene rings is 1. The average Bonchev–Trinajstić information content (AvgIpc) is 2.48. The summed E-state index contributed by atoms with van der Waals surface area (Å²) in [6.07, 6.45) is 0.926. The van der Waals surface area contributed by atoms with E-state index in [-0.39, 0.29) is 35.8 Å². The fraction of sp³-hybridized carbons (Fsp3) is 0.588. The molecule has 130 valence electrons. The summed E-state index contributed by atoms with van der Waals surface area (Å²) in [5.41, 5.74) is 7.13. The molecule has 0 saturated carbocycles. The molecule has 1 aliphatic heterocycles. The predicted octanol–water partition coefficient (Wildman–Crippen LogP) is 2.83. The van der Waals surface area contributed by atoms with Gasteiger partial charge in [-0.3, -0.25) is 9.69 Å². The minimum Gasteiger partial charge on any atom is -0.351 e. The zero-order chi connectivity index (χ0) is 16.3. The number of amides is 1. The van der Waals surface area contributed by atoms with Gasteiger partial charge in [-0.05, 0) is 30.4 Å². The summed E-state index contributed by atoms with van der Waals surface area (Å²) in [6, 6.07) is 7.61. The van der Waals surface area contributed by atoms with Crippen molar-refractivity contribution in [3.63, 3.8) is 0 Å². The van der Waals surface area contributed by atoms with E-state index in [1.54, 1.807) is 0 Å². The Morgan fingerprint density at radius 2 is 2.13 bits per heavy atom. The number of nitrogens with two attached hydrogens (primary N) is 1. The van der Waals surface area contributed by atoms with E-state index in [4.69, 9.17) is 17.3 Å². The van der Waals surface area contributed by atoms with Gasteiger partial charge in [0.05, 0.1) is 6.04 Å². The summed E-state index contributed by atoms with van der Waals surface area (Å²) in [6.45, 7) is 8.45. The van der Waals surface area contributed by atoms with Crippen LogP contribution in [0.15, 0.2) is 24.3 Å². The van der Waals surface area contributed by atoms with Crippen LogP contribution in [-0.4, -0.2) is 36.0 Å². The Bertz CT molecular complexity index is 536. The highest BCUT2D eigenvalue weighted by molar-refractivity contribution is 6.31. The number of likely N-dealkylation sites (tertiary alicyclic amines) is 1. The van der Waals surface area contributed by atoms with Crippen LogP contribution in [0.25, 0.3) is 0 Å². The summed E-state index contributed by atoms with van der Waals surface area (Å²) < 4.78 is 0. The van der Waals surface area contributed by atoms with Crippen LogP contribution in [-0.2, 0) is 11.3 Å². The van der Waals surface area contributed by atoms with E-state index in [2.05, 4.69) is 24.1 Å². The van der Waals surface area contributed by atoms with E-state index in [9.17, 15) is 4.79 Å². The van der Waals surface area contributed by atoms with Gasteiger partial charge in [0.25, 0.3) is 0 Å². The third kappa shape index (κ3) is 5.08. The smallest absolute Gasteiger partial charge is 0.237 e. The molecule has 0 radical (unpaired) electrons. The van der Waals surface area contributed by atoms with Gasteiger partial charge < -0.3 is 11.1 Å². The van der Waals surface area contributed by atoms with Crippen LogP contribution in [0.2, 0.25) is 5.02 Å². The molecule has 0 spiro atoms. The first-order valence-corrected chi connectivity index (χ1v) is 8.20. The van der Waals surface area contributed by atoms with Gasteiger partial charge in [-0.15, -0.1) is 12.4 Å². The van der Waals surface area contributed by atoms with Gasteiger partial charge >= 0.3 is 0 Å². The third-order valence-electron chi connectivity index (χ3n) is 4.68. The average molecular weight is 360 g/mol. The van der Waals surface area contributed by atoms with Crippen molar-refractivity contribution < 1.29 is 4.79 Å². The van der Waals surface area contributed by atoms with E-state index in [1.165, 1.54) is 0 Å². The minimum absolute atomic E-state index is 0. The topological polar surface area (TPSA) is 58.4 Å². The SMILES string of the molecule is CC(C(=O)NCc1ccccc1Cl)N1CCC(N)C(C)(C)C1.Cl. The standard InChI is InChI=1S/C17H26ClN3O.ClH/c1-12(21-9-8-15(19)17(2,3)11-21)16(22)20-10-13-6-4-5-7-14(13)18;/h4-7,12,15H,8-11,19H2,1-3H3,(H,20,22);1H. The van der Waals surface area contributed by atoms with Crippen molar-refractivity contribution >= 4 is 29.9 Å². The lowest BCUT2D eigenvalue weighted by Gasteiger charge is -2.44. The zero-order valence-corrected chi connectivity index (χ0v) is 15.6. The van der Waals surface area contributed by atoms with E-state index in [0.717, 1.165) is 25.1 Å². The molecule has 1 aromatic carbocycles. The van der Waals surface area contributed by atoms with E-state index in [1.807, 2.05) is 31.2 Å². The number of halogens is 2. The third-order valence-corrected chi connectivity index (χ3v) is 5.05. The van der Waals surface area contributed by atoms with E-state index in [0.29, 0.717) is 11.6 Å². The number of carbonyl (C=O) groups excluding carboxylic acids is 1. The molecular formula is C17H27Cl2N3O. The lowest BCUT2D eigenvalue weighted by molar-refractivity contribution is -0.127. The highest BCUT2D eigenvalue weighted by Gasteiger charge is 2.36. The van der Waals surface area contributed by atoms with Crippen LogP contribution < -0.4 is 11.1 Å².